The number of hydrogen-bond acceptors (Lipinski definition) is 2. The highest BCUT2D eigenvalue weighted by Crippen LogP contribution is 2.34. The summed E-state index contributed by atoms with van der Waals surface area (Å²) < 4.78 is 74.8. The van der Waals surface area contributed by atoms with Gasteiger partial charge in [-0.3, -0.25) is 0 Å². The molecule has 0 aliphatic rings. The minimum atomic E-state index is -4.54. The Morgan fingerprint density at radius 3 is 2.19 bits per heavy atom. The van der Waals surface area contributed by atoms with Gasteiger partial charge in [-0.15, -0.1) is 0 Å². The number of nitrogens with two attached hydrogens (primary N) is 1. The Kier molecular flexibility index (Phi) is 5.63. The van der Waals surface area contributed by atoms with Crippen molar-refractivity contribution in [2.75, 3.05) is 20.1 Å². The van der Waals surface area contributed by atoms with Crippen molar-refractivity contribution in [3.8, 4) is 0 Å². The van der Waals surface area contributed by atoms with Crippen LogP contribution in [0.5, 0.6) is 0 Å². The first-order valence-corrected chi connectivity index (χ1v) is 6.17. The first-order valence-electron chi connectivity index (χ1n) is 6.17. The van der Waals surface area contributed by atoms with E-state index < -0.39 is 30.4 Å². The quantitative estimate of drug-likeness (QED) is 0.842. The van der Waals surface area contributed by atoms with E-state index in [0.717, 1.165) is 6.07 Å². The second-order valence-electron chi connectivity index (χ2n) is 4.82. The van der Waals surface area contributed by atoms with Crippen LogP contribution in [0.4, 0.5) is 26.3 Å². The molecule has 120 valence electrons. The van der Waals surface area contributed by atoms with Gasteiger partial charge in [0, 0.05) is 19.1 Å². The van der Waals surface area contributed by atoms with Gasteiger partial charge in [0.25, 0.3) is 0 Å². The molecule has 0 aliphatic carbocycles. The van der Waals surface area contributed by atoms with Crippen molar-refractivity contribution in [2.24, 2.45) is 5.73 Å². The van der Waals surface area contributed by atoms with Crippen LogP contribution in [0.1, 0.15) is 23.6 Å². The molecule has 1 unspecified atom stereocenters. The van der Waals surface area contributed by atoms with E-state index in [1.807, 2.05) is 0 Å². The monoisotopic (exact) mass is 314 g/mol. The third-order valence-corrected chi connectivity index (χ3v) is 2.95. The fourth-order valence-electron chi connectivity index (χ4n) is 1.92. The minimum absolute atomic E-state index is 0.0941. The third-order valence-electron chi connectivity index (χ3n) is 2.95. The van der Waals surface area contributed by atoms with Crippen LogP contribution in [-0.2, 0) is 6.18 Å². The smallest absolute Gasteiger partial charge is 0.323 e. The lowest BCUT2D eigenvalue weighted by Gasteiger charge is -2.24. The summed E-state index contributed by atoms with van der Waals surface area (Å²) in [5.41, 5.74) is 4.73. The first kappa shape index (κ1) is 17.8. The molecule has 0 radical (unpaired) electrons. The van der Waals surface area contributed by atoms with Crippen LogP contribution in [0.2, 0.25) is 0 Å². The average molecular weight is 314 g/mol. The summed E-state index contributed by atoms with van der Waals surface area (Å²) >= 11 is 0. The minimum Gasteiger partial charge on any atom is -0.323 e. The SMILES string of the molecule is CN(CCC(F)(F)F)CC(N)c1ccccc1C(F)(F)F. The molecule has 0 saturated heterocycles. The van der Waals surface area contributed by atoms with E-state index in [1.165, 1.54) is 30.1 Å². The number of benzene rings is 1. The Hall–Kier alpha value is -1.28. The lowest BCUT2D eigenvalue weighted by molar-refractivity contribution is -0.138. The molecule has 8 heteroatoms. The first-order chi connectivity index (χ1) is 9.50. The van der Waals surface area contributed by atoms with E-state index >= 15 is 0 Å². The zero-order valence-corrected chi connectivity index (χ0v) is 11.3. The number of nitrogens with zero attached hydrogens (tertiary/aromatic N) is 1. The molecule has 0 fully saturated rings. The highest BCUT2D eigenvalue weighted by molar-refractivity contribution is 5.32. The largest absolute Gasteiger partial charge is 0.416 e. The molecule has 2 nitrogen and oxygen atoms in total. The topological polar surface area (TPSA) is 29.3 Å². The summed E-state index contributed by atoms with van der Waals surface area (Å²) in [4.78, 5) is 1.27. The molecular weight excluding hydrogens is 298 g/mol. The Morgan fingerprint density at radius 2 is 1.67 bits per heavy atom. The number of rotatable bonds is 5. The van der Waals surface area contributed by atoms with Crippen molar-refractivity contribution in [1.82, 2.24) is 4.90 Å². The zero-order valence-electron chi connectivity index (χ0n) is 11.3. The van der Waals surface area contributed by atoms with Gasteiger partial charge in [-0.25, -0.2) is 0 Å². The molecule has 0 aromatic heterocycles. The van der Waals surface area contributed by atoms with E-state index in [-0.39, 0.29) is 18.7 Å². The molecule has 1 aromatic carbocycles. The maximum Gasteiger partial charge on any atom is 0.416 e. The van der Waals surface area contributed by atoms with Crippen molar-refractivity contribution < 1.29 is 26.3 Å². The van der Waals surface area contributed by atoms with E-state index in [2.05, 4.69) is 0 Å². The molecule has 0 amide bonds. The van der Waals surface area contributed by atoms with E-state index in [0.29, 0.717) is 0 Å². The highest BCUT2D eigenvalue weighted by atomic mass is 19.4. The van der Waals surface area contributed by atoms with Crippen LogP contribution < -0.4 is 5.73 Å². The molecule has 1 rings (SSSR count). The lowest BCUT2D eigenvalue weighted by atomic mass is 10.00. The van der Waals surface area contributed by atoms with Crippen molar-refractivity contribution in [2.45, 2.75) is 24.8 Å². The standard InChI is InChI=1S/C13H16F6N2/c1-21(7-6-12(14,15)16)8-11(20)9-4-2-3-5-10(9)13(17,18)19/h2-5,11H,6-8,20H2,1H3. The zero-order chi connectivity index (χ0) is 16.3. The van der Waals surface area contributed by atoms with Gasteiger partial charge in [-0.05, 0) is 18.7 Å². The summed E-state index contributed by atoms with van der Waals surface area (Å²) in [5.74, 6) is 0. The number of alkyl halides is 6. The molecule has 1 aromatic rings. The fraction of sp³-hybridized carbons (Fsp3) is 0.538. The molecule has 1 atom stereocenters. The highest BCUT2D eigenvalue weighted by Gasteiger charge is 2.34. The lowest BCUT2D eigenvalue weighted by Crippen LogP contribution is -2.32. The van der Waals surface area contributed by atoms with E-state index in [4.69, 9.17) is 5.73 Å². The Balaban J connectivity index is 2.74. The Bertz CT molecular complexity index is 455. The van der Waals surface area contributed by atoms with Gasteiger partial charge in [0.1, 0.15) is 0 Å². The molecule has 0 spiro atoms. The van der Waals surface area contributed by atoms with Gasteiger partial charge < -0.3 is 10.6 Å². The molecule has 0 bridgehead atoms. The predicted molar refractivity (Wildman–Crippen MR) is 66.5 cm³/mol. The van der Waals surface area contributed by atoms with Crippen LogP contribution in [0.15, 0.2) is 24.3 Å². The van der Waals surface area contributed by atoms with Crippen molar-refractivity contribution in [3.05, 3.63) is 35.4 Å². The van der Waals surface area contributed by atoms with Gasteiger partial charge in [-0.2, -0.15) is 26.3 Å². The van der Waals surface area contributed by atoms with Gasteiger partial charge in [0.15, 0.2) is 0 Å². The molecule has 2 N–H and O–H groups in total. The molecule has 0 aliphatic heterocycles. The number of halogens is 6. The van der Waals surface area contributed by atoms with Crippen LogP contribution in [0.25, 0.3) is 0 Å². The summed E-state index contributed by atoms with van der Waals surface area (Å²) in [5, 5.41) is 0. The predicted octanol–water partition coefficient (Wildman–Crippen LogP) is 3.59. The van der Waals surface area contributed by atoms with Crippen molar-refractivity contribution in [1.29, 1.82) is 0 Å². The molecular formula is C13H16F6N2. The third kappa shape index (κ3) is 5.92. The summed E-state index contributed by atoms with van der Waals surface area (Å²) in [6.07, 6.45) is -9.88. The number of likely N-dealkylation sites (N-methyl/N-ethyl adjacent to an activating group) is 1. The van der Waals surface area contributed by atoms with Crippen LogP contribution in [0, 0.1) is 0 Å². The second kappa shape index (κ2) is 6.65. The Labute approximate surface area is 118 Å². The van der Waals surface area contributed by atoms with Gasteiger partial charge in [-0.1, -0.05) is 18.2 Å². The second-order valence-corrected chi connectivity index (χ2v) is 4.82. The average Bonchev–Trinajstić information content (AvgIpc) is 2.34. The molecule has 0 heterocycles. The normalized spacial score (nSPS) is 14.5. The summed E-state index contributed by atoms with van der Waals surface area (Å²) in [6.45, 7) is -0.408. The van der Waals surface area contributed by atoms with Crippen molar-refractivity contribution in [3.63, 3.8) is 0 Å². The molecule has 0 saturated carbocycles. The van der Waals surface area contributed by atoms with Gasteiger partial charge in [0.2, 0.25) is 0 Å². The maximum absolute atomic E-state index is 12.8. The summed E-state index contributed by atoms with van der Waals surface area (Å²) in [7, 11) is 1.39. The Morgan fingerprint density at radius 1 is 1.10 bits per heavy atom. The molecule has 21 heavy (non-hydrogen) atoms. The van der Waals surface area contributed by atoms with E-state index in [1.54, 1.807) is 0 Å². The van der Waals surface area contributed by atoms with Gasteiger partial charge >= 0.3 is 12.4 Å². The van der Waals surface area contributed by atoms with Crippen LogP contribution in [0.3, 0.4) is 0 Å². The van der Waals surface area contributed by atoms with Crippen LogP contribution in [-0.4, -0.2) is 31.2 Å². The number of hydrogen-bond donors (Lipinski definition) is 1. The van der Waals surface area contributed by atoms with Crippen LogP contribution >= 0.6 is 0 Å². The van der Waals surface area contributed by atoms with Crippen molar-refractivity contribution >= 4 is 0 Å². The van der Waals surface area contributed by atoms with Gasteiger partial charge in [0.05, 0.1) is 12.0 Å². The fourth-order valence-corrected chi connectivity index (χ4v) is 1.92. The van der Waals surface area contributed by atoms with E-state index in [9.17, 15) is 26.3 Å². The maximum atomic E-state index is 12.8. The summed E-state index contributed by atoms with van der Waals surface area (Å²) in [6, 6.07) is 3.80.